The molecule has 0 aliphatic carbocycles. The molecule has 0 saturated heterocycles. The Morgan fingerprint density at radius 3 is 2.87 bits per heavy atom. The fraction of sp³-hybridized carbons (Fsp3) is 0. The van der Waals surface area contributed by atoms with Gasteiger partial charge in [0.1, 0.15) is 11.8 Å². The SMILES string of the molecule is O=C(O)c1coc2c(Cl)cccc2c1=S. The Morgan fingerprint density at radius 2 is 2.20 bits per heavy atom. The van der Waals surface area contributed by atoms with Crippen LogP contribution in [-0.4, -0.2) is 11.1 Å². The molecule has 5 heteroatoms. The maximum atomic E-state index is 10.8. The minimum Gasteiger partial charge on any atom is -0.478 e. The van der Waals surface area contributed by atoms with E-state index >= 15 is 0 Å². The molecular weight excluding hydrogens is 236 g/mol. The Labute approximate surface area is 94.9 Å². The van der Waals surface area contributed by atoms with Crippen molar-refractivity contribution in [2.24, 2.45) is 0 Å². The van der Waals surface area contributed by atoms with Crippen molar-refractivity contribution >= 4 is 40.8 Å². The lowest BCUT2D eigenvalue weighted by molar-refractivity contribution is 0.0694. The van der Waals surface area contributed by atoms with Crippen LogP contribution in [0.2, 0.25) is 5.02 Å². The number of benzene rings is 1. The van der Waals surface area contributed by atoms with Crippen molar-refractivity contribution in [1.82, 2.24) is 0 Å². The van der Waals surface area contributed by atoms with Gasteiger partial charge in [0.2, 0.25) is 0 Å². The molecule has 0 amide bonds. The zero-order chi connectivity index (χ0) is 11.0. The first-order valence-corrected chi connectivity index (χ1v) is 4.83. The number of rotatable bonds is 1. The lowest BCUT2D eigenvalue weighted by Crippen LogP contribution is -1.97. The van der Waals surface area contributed by atoms with Crippen molar-refractivity contribution in [1.29, 1.82) is 0 Å². The van der Waals surface area contributed by atoms with Gasteiger partial charge in [-0.1, -0.05) is 29.9 Å². The van der Waals surface area contributed by atoms with Crippen LogP contribution in [0.5, 0.6) is 0 Å². The number of para-hydroxylation sites is 1. The summed E-state index contributed by atoms with van der Waals surface area (Å²) in [6, 6.07) is 5.03. The summed E-state index contributed by atoms with van der Waals surface area (Å²) in [5, 5.41) is 9.79. The molecule has 2 rings (SSSR count). The molecular formula is C10H5ClO3S. The summed E-state index contributed by atoms with van der Waals surface area (Å²) >= 11 is 10.9. The van der Waals surface area contributed by atoms with Gasteiger partial charge >= 0.3 is 5.97 Å². The van der Waals surface area contributed by atoms with Gasteiger partial charge in [-0.2, -0.15) is 0 Å². The predicted octanol–water partition coefficient (Wildman–Crippen LogP) is 3.51. The Balaban J connectivity index is 2.92. The van der Waals surface area contributed by atoms with Crippen LogP contribution in [-0.2, 0) is 0 Å². The number of carboxylic acids is 1. The van der Waals surface area contributed by atoms with Crippen molar-refractivity contribution in [3.05, 3.63) is 39.6 Å². The number of carbonyl (C=O) groups is 1. The molecule has 0 fully saturated rings. The van der Waals surface area contributed by atoms with E-state index in [1.54, 1.807) is 18.2 Å². The van der Waals surface area contributed by atoms with E-state index < -0.39 is 5.97 Å². The van der Waals surface area contributed by atoms with Crippen LogP contribution >= 0.6 is 23.8 Å². The summed E-state index contributed by atoms with van der Waals surface area (Å²) in [5.74, 6) is -1.11. The first-order valence-electron chi connectivity index (χ1n) is 4.04. The topological polar surface area (TPSA) is 50.4 Å². The van der Waals surface area contributed by atoms with E-state index in [1.165, 1.54) is 0 Å². The monoisotopic (exact) mass is 240 g/mol. The normalized spacial score (nSPS) is 10.5. The lowest BCUT2D eigenvalue weighted by Gasteiger charge is -2.01. The molecule has 0 aliphatic rings. The van der Waals surface area contributed by atoms with E-state index in [9.17, 15) is 4.79 Å². The van der Waals surface area contributed by atoms with Crippen LogP contribution in [0.3, 0.4) is 0 Å². The number of halogens is 1. The molecule has 1 aromatic carbocycles. The molecule has 0 saturated carbocycles. The number of hydrogen-bond acceptors (Lipinski definition) is 3. The molecule has 2 aromatic rings. The largest absolute Gasteiger partial charge is 0.478 e. The lowest BCUT2D eigenvalue weighted by atomic mass is 10.2. The van der Waals surface area contributed by atoms with E-state index in [-0.39, 0.29) is 10.1 Å². The molecule has 1 N–H and O–H groups in total. The molecule has 3 nitrogen and oxygen atoms in total. The van der Waals surface area contributed by atoms with Crippen LogP contribution < -0.4 is 0 Å². The fourth-order valence-electron chi connectivity index (χ4n) is 1.27. The molecule has 0 radical (unpaired) electrons. The number of fused-ring (bicyclic) bond motifs is 1. The van der Waals surface area contributed by atoms with E-state index in [0.717, 1.165) is 6.26 Å². The van der Waals surface area contributed by atoms with Crippen LogP contribution in [0.1, 0.15) is 10.4 Å². The minimum absolute atomic E-state index is 0.0280. The Hall–Kier alpha value is -1.39. The first-order chi connectivity index (χ1) is 7.11. The van der Waals surface area contributed by atoms with Gasteiger partial charge in [0.15, 0.2) is 5.58 Å². The number of aromatic carboxylic acids is 1. The summed E-state index contributed by atoms with van der Waals surface area (Å²) in [5.41, 5.74) is 0.383. The van der Waals surface area contributed by atoms with Gasteiger partial charge in [0.05, 0.1) is 9.53 Å². The highest BCUT2D eigenvalue weighted by atomic mass is 35.5. The zero-order valence-electron chi connectivity index (χ0n) is 7.36. The van der Waals surface area contributed by atoms with Gasteiger partial charge in [0, 0.05) is 5.39 Å². The molecule has 1 aromatic heterocycles. The van der Waals surface area contributed by atoms with Crippen molar-refractivity contribution in [3.8, 4) is 0 Å². The van der Waals surface area contributed by atoms with Gasteiger partial charge in [-0.25, -0.2) is 4.79 Å². The van der Waals surface area contributed by atoms with Crippen LogP contribution in [0.15, 0.2) is 28.9 Å². The molecule has 0 bridgehead atoms. The summed E-state index contributed by atoms with van der Waals surface area (Å²) in [6.45, 7) is 0. The molecule has 76 valence electrons. The van der Waals surface area contributed by atoms with Gasteiger partial charge < -0.3 is 9.52 Å². The maximum Gasteiger partial charge on any atom is 0.340 e. The number of carboxylic acid groups (broad SMARTS) is 1. The van der Waals surface area contributed by atoms with Gasteiger partial charge in [-0.05, 0) is 12.1 Å². The second kappa shape index (κ2) is 3.64. The summed E-state index contributed by atoms with van der Waals surface area (Å²) in [6.07, 6.45) is 1.11. The average Bonchev–Trinajstić information content (AvgIpc) is 2.19. The summed E-state index contributed by atoms with van der Waals surface area (Å²) in [7, 11) is 0. The minimum atomic E-state index is -1.11. The van der Waals surface area contributed by atoms with Gasteiger partial charge in [-0.3, -0.25) is 0 Å². The van der Waals surface area contributed by atoms with Crippen molar-refractivity contribution in [2.45, 2.75) is 0 Å². The van der Waals surface area contributed by atoms with Crippen molar-refractivity contribution < 1.29 is 14.3 Å². The van der Waals surface area contributed by atoms with Crippen molar-refractivity contribution in [2.75, 3.05) is 0 Å². The van der Waals surface area contributed by atoms with Crippen molar-refractivity contribution in [3.63, 3.8) is 0 Å². The van der Waals surface area contributed by atoms with E-state index in [4.69, 9.17) is 33.3 Å². The highest BCUT2D eigenvalue weighted by Crippen LogP contribution is 2.25. The Kier molecular flexibility index (Phi) is 2.46. The highest BCUT2D eigenvalue weighted by molar-refractivity contribution is 7.71. The average molecular weight is 241 g/mol. The predicted molar refractivity (Wildman–Crippen MR) is 59.0 cm³/mol. The molecule has 0 atom stereocenters. The first kappa shape index (κ1) is 10.1. The number of hydrogen-bond donors (Lipinski definition) is 1. The molecule has 0 unspecified atom stereocenters. The second-order valence-corrected chi connectivity index (χ2v) is 3.72. The second-order valence-electron chi connectivity index (χ2n) is 2.90. The third kappa shape index (κ3) is 1.62. The Bertz CT molecular complexity index is 603. The van der Waals surface area contributed by atoms with Gasteiger partial charge in [-0.15, -0.1) is 0 Å². The molecule has 0 aliphatic heterocycles. The van der Waals surface area contributed by atoms with Crippen LogP contribution in [0.25, 0.3) is 11.0 Å². The van der Waals surface area contributed by atoms with E-state index in [2.05, 4.69) is 0 Å². The van der Waals surface area contributed by atoms with Crippen LogP contribution in [0, 0.1) is 4.51 Å². The molecule has 1 heterocycles. The molecule has 15 heavy (non-hydrogen) atoms. The van der Waals surface area contributed by atoms with Gasteiger partial charge in [0.25, 0.3) is 0 Å². The highest BCUT2D eigenvalue weighted by Gasteiger charge is 2.11. The third-order valence-electron chi connectivity index (χ3n) is 1.98. The third-order valence-corrected chi connectivity index (χ3v) is 2.72. The van der Waals surface area contributed by atoms with E-state index in [0.29, 0.717) is 16.0 Å². The summed E-state index contributed by atoms with van der Waals surface area (Å²) in [4.78, 5) is 10.8. The standard InChI is InChI=1S/C10H5ClO3S/c11-7-3-1-2-5-8(7)14-4-6(9(5)15)10(12)13/h1-4H,(H,12,13). The Morgan fingerprint density at radius 1 is 1.47 bits per heavy atom. The quantitative estimate of drug-likeness (QED) is 0.775. The van der Waals surface area contributed by atoms with E-state index in [1.807, 2.05) is 0 Å². The summed E-state index contributed by atoms with van der Waals surface area (Å²) < 4.78 is 5.38. The smallest absolute Gasteiger partial charge is 0.340 e. The zero-order valence-corrected chi connectivity index (χ0v) is 8.93. The fourth-order valence-corrected chi connectivity index (χ4v) is 1.79. The van der Waals surface area contributed by atoms with Crippen LogP contribution in [0.4, 0.5) is 0 Å². The maximum absolute atomic E-state index is 10.8. The molecule has 0 spiro atoms.